The summed E-state index contributed by atoms with van der Waals surface area (Å²) < 4.78 is 33.8. The van der Waals surface area contributed by atoms with Gasteiger partial charge in [0.25, 0.3) is 5.91 Å². The predicted octanol–water partition coefficient (Wildman–Crippen LogP) is 5.55. The summed E-state index contributed by atoms with van der Waals surface area (Å²) in [4.78, 5) is 60.7. The topological polar surface area (TPSA) is 136 Å². The molecular weight excluding hydrogens is 705 g/mol. The van der Waals surface area contributed by atoms with E-state index >= 15 is 0 Å². The first-order chi connectivity index (χ1) is 25.4. The number of likely N-dealkylation sites (N-methyl/N-ethyl adjacent to an activating group) is 1. The Labute approximate surface area is 310 Å². The van der Waals surface area contributed by atoms with Crippen LogP contribution < -0.4 is 25.2 Å². The molecule has 2 aliphatic rings. The minimum atomic E-state index is -0.894. The van der Waals surface area contributed by atoms with E-state index in [0.717, 1.165) is 36.3 Å². The number of rotatable bonds is 12. The molecular formula is C37H41F2N9O4S. The molecule has 3 aromatic heterocycles. The first-order valence-corrected chi connectivity index (χ1v) is 18.0. The van der Waals surface area contributed by atoms with Gasteiger partial charge in [0.05, 0.1) is 24.7 Å². The van der Waals surface area contributed by atoms with Gasteiger partial charge in [-0.15, -0.1) is 0 Å². The van der Waals surface area contributed by atoms with Crippen LogP contribution in [0.2, 0.25) is 0 Å². The van der Waals surface area contributed by atoms with Gasteiger partial charge in [-0.2, -0.15) is 0 Å². The summed E-state index contributed by atoms with van der Waals surface area (Å²) in [6.07, 6.45) is 8.26. The average molecular weight is 746 g/mol. The summed E-state index contributed by atoms with van der Waals surface area (Å²) in [6, 6.07) is 8.74. The summed E-state index contributed by atoms with van der Waals surface area (Å²) >= 11 is 0.965. The number of para-hydroxylation sites is 1. The van der Waals surface area contributed by atoms with E-state index < -0.39 is 23.2 Å². The lowest BCUT2D eigenvalue weighted by Gasteiger charge is -2.41. The number of benzene rings is 1. The zero-order chi connectivity index (χ0) is 37.8. The molecule has 53 heavy (non-hydrogen) atoms. The van der Waals surface area contributed by atoms with Crippen LogP contribution >= 0.6 is 11.3 Å². The number of ether oxygens (including phenoxy) is 1. The van der Waals surface area contributed by atoms with Crippen LogP contribution in [-0.4, -0.2) is 102 Å². The van der Waals surface area contributed by atoms with Crippen LogP contribution in [0, 0.1) is 11.6 Å². The maximum absolute atomic E-state index is 14.1. The molecule has 16 heteroatoms. The van der Waals surface area contributed by atoms with E-state index in [0.29, 0.717) is 60.5 Å². The van der Waals surface area contributed by atoms with E-state index in [1.807, 2.05) is 43.0 Å². The highest BCUT2D eigenvalue weighted by Crippen LogP contribution is 2.40. The van der Waals surface area contributed by atoms with Gasteiger partial charge in [0.1, 0.15) is 22.2 Å². The normalized spacial score (nSPS) is 15.9. The van der Waals surface area contributed by atoms with Gasteiger partial charge in [-0.25, -0.2) is 23.7 Å². The largest absolute Gasteiger partial charge is 0.493 e. The Morgan fingerprint density at radius 1 is 1.08 bits per heavy atom. The number of nitrogens with zero attached hydrogens (tertiary/aromatic N) is 7. The van der Waals surface area contributed by atoms with Crippen molar-refractivity contribution in [3.63, 3.8) is 0 Å². The first kappa shape index (κ1) is 37.3. The van der Waals surface area contributed by atoms with E-state index in [-0.39, 0.29) is 33.9 Å². The summed E-state index contributed by atoms with van der Waals surface area (Å²) in [5, 5.41) is 5.64. The van der Waals surface area contributed by atoms with Crippen molar-refractivity contribution >= 4 is 57.2 Å². The highest BCUT2D eigenvalue weighted by Gasteiger charge is 2.36. The Morgan fingerprint density at radius 2 is 1.83 bits per heavy atom. The van der Waals surface area contributed by atoms with Crippen molar-refractivity contribution in [1.29, 1.82) is 0 Å². The fourth-order valence-corrected chi connectivity index (χ4v) is 6.79. The summed E-state index contributed by atoms with van der Waals surface area (Å²) in [5.41, 5.74) is 1.31. The highest BCUT2D eigenvalue weighted by molar-refractivity contribution is 7.17. The zero-order valence-corrected chi connectivity index (χ0v) is 30.9. The highest BCUT2D eigenvalue weighted by atomic mass is 32.1. The monoisotopic (exact) mass is 745 g/mol. The number of pyridine rings is 2. The van der Waals surface area contributed by atoms with Crippen molar-refractivity contribution in [2.75, 3.05) is 67.8 Å². The van der Waals surface area contributed by atoms with E-state index in [2.05, 4.69) is 20.5 Å². The van der Waals surface area contributed by atoms with Crippen molar-refractivity contribution in [1.82, 2.24) is 24.8 Å². The summed E-state index contributed by atoms with van der Waals surface area (Å²) in [5.74, 6) is -1.28. The zero-order valence-electron chi connectivity index (χ0n) is 30.1. The molecule has 0 bridgehead atoms. The standard InChI is InChI=1S/C37H41F2N9O4S/c1-22-21-46(32(50)10-7-15-45(3)4)16-17-47(22)35-29(48(23(2)49)25-11-12-25)18-24(19-40-35)28-13-14-30(52-5)34(42-28)44-37-41-20-31(53-37)36(51)43-33-26(38)8-6-9-27(33)39/h6-10,13-14,18-20,22,25H,11-12,15-17,21H2,1-5H3,(H,43,51)(H,41,42,44)/b10-7+. The van der Waals surface area contributed by atoms with Gasteiger partial charge in [-0.1, -0.05) is 23.5 Å². The van der Waals surface area contributed by atoms with Gasteiger partial charge < -0.3 is 35.0 Å². The number of thiazole rings is 1. The molecule has 4 heterocycles. The molecule has 0 radical (unpaired) electrons. The van der Waals surface area contributed by atoms with Crippen molar-refractivity contribution < 1.29 is 27.9 Å². The molecule has 13 nitrogen and oxygen atoms in total. The van der Waals surface area contributed by atoms with Crippen LogP contribution in [0.15, 0.2) is 60.9 Å². The van der Waals surface area contributed by atoms with Gasteiger partial charge >= 0.3 is 0 Å². The average Bonchev–Trinajstić information content (AvgIpc) is 3.85. The number of nitrogens with one attached hydrogen (secondary N) is 2. The number of anilines is 5. The van der Waals surface area contributed by atoms with Crippen LogP contribution in [-0.2, 0) is 9.59 Å². The van der Waals surface area contributed by atoms with Gasteiger partial charge in [0, 0.05) is 63.0 Å². The number of hydrogen-bond donors (Lipinski definition) is 2. The lowest BCUT2D eigenvalue weighted by molar-refractivity contribution is -0.126. The molecule has 2 fully saturated rings. The molecule has 1 saturated heterocycles. The number of carbonyl (C=O) groups is 3. The third-order valence-electron chi connectivity index (χ3n) is 8.83. The second-order valence-corrected chi connectivity index (χ2v) is 14.2. The molecule has 1 aromatic carbocycles. The molecule has 1 aliphatic heterocycles. The third kappa shape index (κ3) is 8.60. The Morgan fingerprint density at radius 3 is 2.49 bits per heavy atom. The van der Waals surface area contributed by atoms with Gasteiger partial charge in [0.2, 0.25) is 11.8 Å². The summed E-state index contributed by atoms with van der Waals surface area (Å²) in [6.45, 7) is 5.84. The molecule has 1 aliphatic carbocycles. The van der Waals surface area contributed by atoms with Crippen LogP contribution in [0.1, 0.15) is 36.4 Å². The second-order valence-electron chi connectivity index (χ2n) is 13.1. The summed E-state index contributed by atoms with van der Waals surface area (Å²) in [7, 11) is 5.39. The number of hydrogen-bond acceptors (Lipinski definition) is 11. The Kier molecular flexibility index (Phi) is 11.3. The number of aromatic nitrogens is 3. The molecule has 278 valence electrons. The van der Waals surface area contributed by atoms with Crippen molar-refractivity contribution in [3.05, 3.63) is 77.5 Å². The van der Waals surface area contributed by atoms with Gasteiger partial charge in [-0.05, 0) is 64.2 Å². The Bertz CT molecular complexity index is 2020. The van der Waals surface area contributed by atoms with Crippen LogP contribution in [0.5, 0.6) is 5.75 Å². The molecule has 1 atom stereocenters. The van der Waals surface area contributed by atoms with E-state index in [4.69, 9.17) is 14.7 Å². The number of amides is 3. The second kappa shape index (κ2) is 16.0. The molecule has 1 unspecified atom stereocenters. The number of piperazine rings is 1. The van der Waals surface area contributed by atoms with Gasteiger partial charge in [0.15, 0.2) is 22.5 Å². The van der Waals surface area contributed by atoms with E-state index in [1.54, 1.807) is 36.2 Å². The Balaban J connectivity index is 1.25. The van der Waals surface area contributed by atoms with Crippen molar-refractivity contribution in [2.24, 2.45) is 0 Å². The maximum atomic E-state index is 14.1. The van der Waals surface area contributed by atoms with Crippen LogP contribution in [0.25, 0.3) is 11.3 Å². The molecule has 4 aromatic rings. The van der Waals surface area contributed by atoms with Crippen LogP contribution in [0.3, 0.4) is 0 Å². The minimum Gasteiger partial charge on any atom is -0.493 e. The fourth-order valence-electron chi connectivity index (χ4n) is 6.07. The lowest BCUT2D eigenvalue weighted by Crippen LogP contribution is -2.54. The Hall–Kier alpha value is -5.48. The molecule has 2 N–H and O–H groups in total. The minimum absolute atomic E-state index is 0.0320. The SMILES string of the molecule is COc1ccc(-c2cnc(N3CCN(C(=O)/C=C/CN(C)C)CC3C)c(N(C(C)=O)C3CC3)c2)nc1Nc1ncc(C(=O)Nc2c(F)cccc2F)s1. The molecule has 3 amide bonds. The maximum Gasteiger partial charge on any atom is 0.267 e. The van der Waals surface area contributed by atoms with Crippen molar-refractivity contribution in [2.45, 2.75) is 38.8 Å². The number of halogens is 2. The van der Waals surface area contributed by atoms with Crippen LogP contribution in [0.4, 0.5) is 36.9 Å². The third-order valence-corrected chi connectivity index (χ3v) is 9.74. The number of carbonyl (C=O) groups excluding carboxylic acids is 3. The number of methoxy groups -OCH3 is 1. The van der Waals surface area contributed by atoms with Crippen molar-refractivity contribution in [3.8, 4) is 17.0 Å². The fraction of sp³-hybridized carbons (Fsp3) is 0.351. The molecule has 1 saturated carbocycles. The molecule has 0 spiro atoms. The first-order valence-electron chi connectivity index (χ1n) is 17.1. The van der Waals surface area contributed by atoms with E-state index in [1.165, 1.54) is 19.4 Å². The van der Waals surface area contributed by atoms with Gasteiger partial charge in [-0.3, -0.25) is 14.4 Å². The smallest absolute Gasteiger partial charge is 0.267 e. The lowest BCUT2D eigenvalue weighted by atomic mass is 10.1. The quantitative estimate of drug-likeness (QED) is 0.178. The predicted molar refractivity (Wildman–Crippen MR) is 201 cm³/mol. The molecule has 6 rings (SSSR count). The van der Waals surface area contributed by atoms with E-state index in [9.17, 15) is 23.2 Å².